The number of imide groups is 1. The highest BCUT2D eigenvalue weighted by atomic mass is 35.5. The molecule has 0 unspecified atom stereocenters. The normalized spacial score (nSPS) is 12.8. The highest BCUT2D eigenvalue weighted by molar-refractivity contribution is 7.21. The Morgan fingerprint density at radius 1 is 0.939 bits per heavy atom. The van der Waals surface area contributed by atoms with Crippen molar-refractivity contribution >= 4 is 56.4 Å². The summed E-state index contributed by atoms with van der Waals surface area (Å²) in [5.74, 6) is -0.904. The van der Waals surface area contributed by atoms with Gasteiger partial charge >= 0.3 is 0 Å². The Bertz CT molecular complexity index is 1400. The van der Waals surface area contributed by atoms with E-state index >= 15 is 0 Å². The zero-order valence-corrected chi connectivity index (χ0v) is 19.0. The second-order valence-electron chi connectivity index (χ2n) is 7.37. The van der Waals surface area contributed by atoms with Crippen molar-refractivity contribution in [3.63, 3.8) is 0 Å². The van der Waals surface area contributed by atoms with Crippen LogP contribution in [0.25, 0.3) is 10.1 Å². The highest BCUT2D eigenvalue weighted by Gasteiger charge is 2.38. The number of anilines is 1. The minimum absolute atomic E-state index is 0.282. The summed E-state index contributed by atoms with van der Waals surface area (Å²) in [7, 11) is 1.50. The van der Waals surface area contributed by atoms with E-state index < -0.39 is 17.7 Å². The van der Waals surface area contributed by atoms with Crippen LogP contribution in [0.1, 0.15) is 30.4 Å². The number of halogens is 1. The molecule has 1 aliphatic heterocycles. The Labute approximate surface area is 198 Å². The van der Waals surface area contributed by atoms with Gasteiger partial charge in [-0.2, -0.15) is 0 Å². The van der Waals surface area contributed by atoms with Crippen LogP contribution < -0.4 is 9.64 Å². The summed E-state index contributed by atoms with van der Waals surface area (Å²) in [6.07, 6.45) is 0. The molecule has 4 aromatic rings. The van der Waals surface area contributed by atoms with Gasteiger partial charge in [-0.05, 0) is 30.3 Å². The lowest BCUT2D eigenvalue weighted by molar-refractivity contribution is 0.0650. The Morgan fingerprint density at radius 2 is 1.55 bits per heavy atom. The maximum Gasteiger partial charge on any atom is 0.271 e. The fraction of sp³-hybridized carbons (Fsp3) is 0.0800. The van der Waals surface area contributed by atoms with Crippen LogP contribution in [0.15, 0.2) is 72.8 Å². The summed E-state index contributed by atoms with van der Waals surface area (Å²) >= 11 is 7.85. The third kappa shape index (κ3) is 3.46. The lowest BCUT2D eigenvalue weighted by Gasteiger charge is -2.28. The molecule has 1 aromatic heterocycles. The van der Waals surface area contributed by atoms with E-state index in [9.17, 15) is 14.4 Å². The molecule has 1 aliphatic rings. The van der Waals surface area contributed by atoms with Gasteiger partial charge in [0.25, 0.3) is 17.7 Å². The fourth-order valence-corrected chi connectivity index (χ4v) is 5.35. The molecule has 3 aromatic carbocycles. The van der Waals surface area contributed by atoms with Gasteiger partial charge in [0.15, 0.2) is 0 Å². The minimum Gasteiger partial charge on any atom is -0.495 e. The molecule has 0 spiro atoms. The Morgan fingerprint density at radius 3 is 2.21 bits per heavy atom. The average Bonchev–Trinajstić information content (AvgIpc) is 3.31. The van der Waals surface area contributed by atoms with Crippen molar-refractivity contribution in [1.29, 1.82) is 0 Å². The molecule has 3 amide bonds. The molecule has 0 bridgehead atoms. The molecule has 0 fully saturated rings. The molecule has 8 heteroatoms. The molecule has 6 nitrogen and oxygen atoms in total. The van der Waals surface area contributed by atoms with Crippen molar-refractivity contribution in [1.82, 2.24) is 4.90 Å². The lowest BCUT2D eigenvalue weighted by Crippen LogP contribution is -2.44. The Balaban J connectivity index is 1.60. The van der Waals surface area contributed by atoms with E-state index in [1.54, 1.807) is 48.5 Å². The van der Waals surface area contributed by atoms with E-state index in [1.807, 2.05) is 24.3 Å². The number of rotatable bonds is 5. The number of ether oxygens (including phenoxy) is 1. The van der Waals surface area contributed by atoms with Crippen molar-refractivity contribution in [3.05, 3.63) is 93.8 Å². The van der Waals surface area contributed by atoms with Crippen LogP contribution in [0.2, 0.25) is 5.02 Å². The van der Waals surface area contributed by atoms with Crippen LogP contribution in [0, 0.1) is 0 Å². The van der Waals surface area contributed by atoms with Gasteiger partial charge in [-0.1, -0.05) is 54.1 Å². The van der Waals surface area contributed by atoms with Gasteiger partial charge in [-0.15, -0.1) is 11.3 Å². The number of thiophene rings is 1. The SMILES string of the molecule is COc1ccccc1N(CN1C(=O)c2ccccc2C1=O)C(=O)c1sc2ccccc2c1Cl. The summed E-state index contributed by atoms with van der Waals surface area (Å²) in [4.78, 5) is 42.6. The Hall–Kier alpha value is -3.68. The number of fused-ring (bicyclic) bond motifs is 2. The predicted molar refractivity (Wildman–Crippen MR) is 128 cm³/mol. The summed E-state index contributed by atoms with van der Waals surface area (Å²) in [5, 5.41) is 1.11. The summed E-state index contributed by atoms with van der Waals surface area (Å²) in [6, 6.07) is 21.0. The smallest absolute Gasteiger partial charge is 0.271 e. The van der Waals surface area contributed by atoms with Crippen molar-refractivity contribution in [2.24, 2.45) is 0 Å². The van der Waals surface area contributed by atoms with Gasteiger partial charge in [-0.25, -0.2) is 0 Å². The first-order valence-corrected chi connectivity index (χ1v) is 11.3. The maximum atomic E-state index is 13.8. The number of benzene rings is 3. The first-order valence-electron chi connectivity index (χ1n) is 10.1. The van der Waals surface area contributed by atoms with Crippen molar-refractivity contribution in [3.8, 4) is 5.75 Å². The van der Waals surface area contributed by atoms with E-state index in [2.05, 4.69) is 0 Å². The van der Waals surface area contributed by atoms with E-state index in [1.165, 1.54) is 23.3 Å². The lowest BCUT2D eigenvalue weighted by atomic mass is 10.1. The first-order chi connectivity index (χ1) is 16.0. The summed E-state index contributed by atoms with van der Waals surface area (Å²) < 4.78 is 6.34. The van der Waals surface area contributed by atoms with Gasteiger partial charge in [0.05, 0.1) is 28.9 Å². The highest BCUT2D eigenvalue weighted by Crippen LogP contribution is 2.38. The van der Waals surface area contributed by atoms with E-state index in [-0.39, 0.29) is 6.67 Å². The number of amides is 3. The van der Waals surface area contributed by atoms with Gasteiger partial charge in [0.2, 0.25) is 0 Å². The van der Waals surface area contributed by atoms with Crippen LogP contribution in [0.3, 0.4) is 0 Å². The monoisotopic (exact) mass is 476 g/mol. The van der Waals surface area contributed by atoms with E-state index in [0.717, 1.165) is 15.0 Å². The van der Waals surface area contributed by atoms with Crippen LogP contribution in [0.4, 0.5) is 5.69 Å². The molecule has 5 rings (SSSR count). The van der Waals surface area contributed by atoms with E-state index in [4.69, 9.17) is 16.3 Å². The quantitative estimate of drug-likeness (QED) is 0.358. The third-order valence-corrected chi connectivity index (χ3v) is 7.17. The van der Waals surface area contributed by atoms with Gasteiger partial charge in [0, 0.05) is 10.1 Å². The summed E-state index contributed by atoms with van der Waals surface area (Å²) in [5.41, 5.74) is 1.06. The molecule has 0 aliphatic carbocycles. The number of hydrogen-bond donors (Lipinski definition) is 0. The van der Waals surface area contributed by atoms with Crippen molar-refractivity contribution in [2.75, 3.05) is 18.7 Å². The van der Waals surface area contributed by atoms with Gasteiger partial charge in [0.1, 0.15) is 17.3 Å². The van der Waals surface area contributed by atoms with Crippen LogP contribution >= 0.6 is 22.9 Å². The number of hydrogen-bond acceptors (Lipinski definition) is 5. The molecule has 164 valence electrons. The molecule has 0 saturated heterocycles. The van der Waals surface area contributed by atoms with Crippen molar-refractivity contribution < 1.29 is 19.1 Å². The zero-order valence-electron chi connectivity index (χ0n) is 17.4. The molecule has 0 saturated carbocycles. The molecule has 0 atom stereocenters. The van der Waals surface area contributed by atoms with Crippen LogP contribution in [0.5, 0.6) is 5.75 Å². The largest absolute Gasteiger partial charge is 0.495 e. The average molecular weight is 477 g/mol. The number of carbonyl (C=O) groups is 3. The third-order valence-electron chi connectivity index (χ3n) is 5.51. The standard InChI is InChI=1S/C25H17ClN2O4S/c1-32-19-12-6-5-11-18(19)27(14-28-23(29)15-8-2-3-9-16(15)24(28)30)25(31)22-21(26)17-10-4-7-13-20(17)33-22/h2-13H,14H2,1H3. The number of nitrogens with zero attached hydrogens (tertiary/aromatic N) is 2. The molecular weight excluding hydrogens is 460 g/mol. The predicted octanol–water partition coefficient (Wildman–Crippen LogP) is 5.46. The topological polar surface area (TPSA) is 66.9 Å². The van der Waals surface area contributed by atoms with Crippen LogP contribution in [-0.4, -0.2) is 36.4 Å². The maximum absolute atomic E-state index is 13.8. The molecular formula is C25H17ClN2O4S. The molecule has 33 heavy (non-hydrogen) atoms. The number of carbonyl (C=O) groups excluding carboxylic acids is 3. The van der Waals surface area contributed by atoms with Gasteiger partial charge in [-0.3, -0.25) is 24.2 Å². The number of para-hydroxylation sites is 2. The Kier molecular flexibility index (Phi) is 5.36. The number of methoxy groups -OCH3 is 1. The van der Waals surface area contributed by atoms with E-state index in [0.29, 0.717) is 32.5 Å². The molecule has 0 radical (unpaired) electrons. The van der Waals surface area contributed by atoms with Crippen molar-refractivity contribution in [2.45, 2.75) is 0 Å². The van der Waals surface area contributed by atoms with Crippen LogP contribution in [-0.2, 0) is 0 Å². The second kappa shape index (κ2) is 8.35. The first kappa shape index (κ1) is 21.2. The minimum atomic E-state index is -0.453. The fourth-order valence-electron chi connectivity index (χ4n) is 3.89. The van der Waals surface area contributed by atoms with Gasteiger partial charge < -0.3 is 4.74 Å². The molecule has 2 heterocycles. The molecule has 0 N–H and O–H groups in total. The zero-order chi connectivity index (χ0) is 23.1. The second-order valence-corrected chi connectivity index (χ2v) is 8.80. The summed E-state index contributed by atoms with van der Waals surface area (Å²) in [6.45, 7) is -0.282.